The Hall–Kier alpha value is -3.61. The molecule has 0 aliphatic carbocycles. The van der Waals surface area contributed by atoms with Gasteiger partial charge in [-0.15, -0.1) is 10.2 Å². The molecule has 7 heteroatoms. The van der Waals surface area contributed by atoms with Crippen molar-refractivity contribution in [1.82, 2.24) is 19.6 Å². The fourth-order valence-corrected chi connectivity index (χ4v) is 3.29. The van der Waals surface area contributed by atoms with E-state index in [-0.39, 0.29) is 11.6 Å². The molecule has 140 valence electrons. The molecule has 0 fully saturated rings. The molecule has 1 aromatic carbocycles. The number of benzene rings is 1. The number of halogens is 1. The lowest BCUT2D eigenvalue weighted by molar-refractivity contribution is 0.628. The fourth-order valence-electron chi connectivity index (χ4n) is 3.29. The Morgan fingerprint density at radius 3 is 2.89 bits per heavy atom. The van der Waals surface area contributed by atoms with Gasteiger partial charge >= 0.3 is 0 Å². The molecule has 1 atom stereocenters. The van der Waals surface area contributed by atoms with Crippen LogP contribution < -0.4 is 5.73 Å². The quantitative estimate of drug-likeness (QED) is 0.554. The van der Waals surface area contributed by atoms with Crippen molar-refractivity contribution >= 4 is 28.3 Å². The van der Waals surface area contributed by atoms with Crippen LogP contribution in [0.15, 0.2) is 60.0 Å². The van der Waals surface area contributed by atoms with Gasteiger partial charge in [-0.2, -0.15) is 0 Å². The number of aliphatic imine (C=N–C) groups is 1. The average Bonchev–Trinajstić information content (AvgIpc) is 3.15. The van der Waals surface area contributed by atoms with E-state index in [1.807, 2.05) is 31.2 Å². The van der Waals surface area contributed by atoms with E-state index in [9.17, 15) is 4.39 Å². The first-order valence-electron chi connectivity index (χ1n) is 8.85. The number of nitrogens with zero attached hydrogens (tertiary/aromatic N) is 5. The van der Waals surface area contributed by atoms with Crippen LogP contribution in [0.3, 0.4) is 0 Å². The van der Waals surface area contributed by atoms with Crippen molar-refractivity contribution in [3.63, 3.8) is 0 Å². The molecule has 0 amide bonds. The average molecular weight is 374 g/mol. The Morgan fingerprint density at radius 2 is 2.11 bits per heavy atom. The highest BCUT2D eigenvalue weighted by molar-refractivity contribution is 6.09. The lowest BCUT2D eigenvalue weighted by atomic mass is 9.98. The summed E-state index contributed by atoms with van der Waals surface area (Å²) in [6, 6.07) is 11.4. The van der Waals surface area contributed by atoms with Gasteiger partial charge in [0.2, 0.25) is 0 Å². The summed E-state index contributed by atoms with van der Waals surface area (Å²) in [5.74, 6) is 0.0817. The summed E-state index contributed by atoms with van der Waals surface area (Å²) >= 11 is 0. The minimum absolute atomic E-state index is 0.0978. The van der Waals surface area contributed by atoms with Crippen LogP contribution in [0, 0.1) is 5.82 Å². The molecule has 0 unspecified atom stereocenters. The van der Waals surface area contributed by atoms with Crippen molar-refractivity contribution in [2.24, 2.45) is 10.7 Å². The van der Waals surface area contributed by atoms with E-state index in [4.69, 9.17) is 5.73 Å². The topological polar surface area (TPSA) is 81.5 Å². The summed E-state index contributed by atoms with van der Waals surface area (Å²) in [6.07, 6.45) is 6.54. The van der Waals surface area contributed by atoms with Crippen molar-refractivity contribution in [1.29, 1.82) is 0 Å². The van der Waals surface area contributed by atoms with E-state index < -0.39 is 5.82 Å². The molecule has 0 saturated heterocycles. The Labute approximate surface area is 161 Å². The van der Waals surface area contributed by atoms with Crippen LogP contribution in [0.2, 0.25) is 0 Å². The first-order valence-corrected chi connectivity index (χ1v) is 8.85. The number of nitrogens with two attached hydrogens (primary N) is 1. The normalized spacial score (nSPS) is 13.6. The minimum Gasteiger partial charge on any atom is -0.404 e. The second-order valence-corrected chi connectivity index (χ2v) is 6.52. The molecule has 0 radical (unpaired) electrons. The number of pyridine rings is 2. The van der Waals surface area contributed by atoms with Gasteiger partial charge in [0, 0.05) is 54.3 Å². The van der Waals surface area contributed by atoms with Gasteiger partial charge < -0.3 is 5.73 Å². The number of hydrogen-bond acceptors (Lipinski definition) is 5. The zero-order valence-corrected chi connectivity index (χ0v) is 15.5. The summed E-state index contributed by atoms with van der Waals surface area (Å²) in [6.45, 7) is 2.02. The molecule has 4 aromatic rings. The van der Waals surface area contributed by atoms with Gasteiger partial charge in [-0.3, -0.25) is 14.4 Å². The van der Waals surface area contributed by atoms with Gasteiger partial charge in [0.1, 0.15) is 5.82 Å². The molecule has 0 spiro atoms. The minimum atomic E-state index is -0.463. The maximum absolute atomic E-state index is 14.6. The van der Waals surface area contributed by atoms with E-state index in [0.717, 1.165) is 16.5 Å². The van der Waals surface area contributed by atoms with Crippen molar-refractivity contribution in [3.8, 4) is 0 Å². The van der Waals surface area contributed by atoms with Crippen LogP contribution in [0.4, 0.5) is 4.39 Å². The molecule has 3 heterocycles. The van der Waals surface area contributed by atoms with E-state index in [1.165, 1.54) is 12.3 Å². The smallest absolute Gasteiger partial charge is 0.196 e. The Kier molecular flexibility index (Phi) is 4.57. The molecule has 0 bridgehead atoms. The molecule has 6 nitrogen and oxygen atoms in total. The second kappa shape index (κ2) is 7.19. The highest BCUT2D eigenvalue weighted by Gasteiger charge is 2.19. The fraction of sp³-hybridized carbons (Fsp3) is 0.143. The largest absolute Gasteiger partial charge is 0.404 e. The number of hydrogen-bond donors (Lipinski definition) is 1. The summed E-state index contributed by atoms with van der Waals surface area (Å²) in [5.41, 5.74) is 9.05. The molecule has 4 rings (SSSR count). The molecular formula is C21H19FN6. The lowest BCUT2D eigenvalue weighted by Gasteiger charge is -2.12. The second-order valence-electron chi connectivity index (χ2n) is 6.52. The number of rotatable bonds is 4. The van der Waals surface area contributed by atoms with E-state index in [0.29, 0.717) is 17.0 Å². The first-order chi connectivity index (χ1) is 13.6. The predicted molar refractivity (Wildman–Crippen MR) is 109 cm³/mol. The third-order valence-electron chi connectivity index (χ3n) is 4.78. The van der Waals surface area contributed by atoms with Gasteiger partial charge in [-0.1, -0.05) is 19.1 Å². The number of fused-ring (bicyclic) bond motifs is 2. The third kappa shape index (κ3) is 3.00. The Bertz CT molecular complexity index is 1220. The molecule has 0 aliphatic heterocycles. The Morgan fingerprint density at radius 1 is 1.25 bits per heavy atom. The van der Waals surface area contributed by atoms with Gasteiger partial charge in [-0.05, 0) is 29.8 Å². The standard InChI is InChI=1S/C21H19FN6/c1-13(14-5-6-19-15(8-14)4-3-7-25-19)20-26-27-21-18(22)9-16(12-28(20)21)17(10-23)11-24-2/h3-13H,23H2,1-2H3/t13-/m0/s1. The maximum atomic E-state index is 14.6. The number of aromatic nitrogens is 4. The summed E-state index contributed by atoms with van der Waals surface area (Å²) in [5, 5.41) is 9.34. The SMILES string of the molecule is CN=CC(=CN)c1cc(F)c2nnc([C@@H](C)c3ccc4ncccc4c3)n2c1. The van der Waals surface area contributed by atoms with Crippen LogP contribution >= 0.6 is 0 Å². The zero-order chi connectivity index (χ0) is 19.7. The van der Waals surface area contributed by atoms with Crippen LogP contribution in [0.25, 0.3) is 22.1 Å². The van der Waals surface area contributed by atoms with Gasteiger partial charge in [0.15, 0.2) is 11.5 Å². The summed E-state index contributed by atoms with van der Waals surface area (Å²) in [4.78, 5) is 8.32. The predicted octanol–water partition coefficient (Wildman–Crippen LogP) is 3.57. The van der Waals surface area contributed by atoms with Crippen molar-refractivity contribution in [2.75, 3.05) is 7.05 Å². The van der Waals surface area contributed by atoms with Gasteiger partial charge in [0.05, 0.1) is 5.52 Å². The van der Waals surface area contributed by atoms with Gasteiger partial charge in [0.25, 0.3) is 0 Å². The molecule has 28 heavy (non-hydrogen) atoms. The summed E-state index contributed by atoms with van der Waals surface area (Å²) < 4.78 is 16.3. The van der Waals surface area contributed by atoms with Crippen LogP contribution in [0.1, 0.15) is 29.8 Å². The molecule has 3 aromatic heterocycles. The van der Waals surface area contributed by atoms with Gasteiger partial charge in [-0.25, -0.2) is 4.39 Å². The third-order valence-corrected chi connectivity index (χ3v) is 4.78. The Balaban J connectivity index is 1.84. The van der Waals surface area contributed by atoms with E-state index in [1.54, 1.807) is 30.1 Å². The van der Waals surface area contributed by atoms with Crippen LogP contribution in [-0.2, 0) is 0 Å². The van der Waals surface area contributed by atoms with Crippen molar-refractivity contribution in [3.05, 3.63) is 77.8 Å². The van der Waals surface area contributed by atoms with E-state index >= 15 is 0 Å². The monoisotopic (exact) mass is 374 g/mol. The summed E-state index contributed by atoms with van der Waals surface area (Å²) in [7, 11) is 1.64. The molecule has 2 N–H and O–H groups in total. The first kappa shape index (κ1) is 17.8. The highest BCUT2D eigenvalue weighted by Crippen LogP contribution is 2.27. The van der Waals surface area contributed by atoms with Crippen LogP contribution in [-0.4, -0.2) is 32.8 Å². The molecule has 0 aliphatic rings. The van der Waals surface area contributed by atoms with Crippen LogP contribution in [0.5, 0.6) is 0 Å². The maximum Gasteiger partial charge on any atom is 0.196 e. The van der Waals surface area contributed by atoms with E-state index in [2.05, 4.69) is 26.2 Å². The highest BCUT2D eigenvalue weighted by atomic mass is 19.1. The number of allylic oxidation sites excluding steroid dienone is 1. The zero-order valence-electron chi connectivity index (χ0n) is 15.5. The van der Waals surface area contributed by atoms with Crippen molar-refractivity contribution < 1.29 is 4.39 Å². The lowest BCUT2D eigenvalue weighted by Crippen LogP contribution is -2.05. The van der Waals surface area contributed by atoms with Crippen molar-refractivity contribution in [2.45, 2.75) is 12.8 Å². The molecule has 0 saturated carbocycles. The molecular weight excluding hydrogens is 355 g/mol.